The van der Waals surface area contributed by atoms with Gasteiger partial charge in [-0.15, -0.1) is 0 Å². The van der Waals surface area contributed by atoms with E-state index in [1.165, 1.54) is 23.9 Å². The highest BCUT2D eigenvalue weighted by molar-refractivity contribution is 5.81. The van der Waals surface area contributed by atoms with Crippen molar-refractivity contribution in [3.05, 3.63) is 77.3 Å². The average molecular weight is 420 g/mol. The van der Waals surface area contributed by atoms with Gasteiger partial charge in [0.25, 0.3) is 0 Å². The van der Waals surface area contributed by atoms with Gasteiger partial charge in [0.05, 0.1) is 0 Å². The average Bonchev–Trinajstić information content (AvgIpc) is 2.80. The third kappa shape index (κ3) is 4.30. The van der Waals surface area contributed by atoms with E-state index in [-0.39, 0.29) is 17.2 Å². The summed E-state index contributed by atoms with van der Waals surface area (Å²) in [7, 11) is 0. The Hall–Kier alpha value is -2.86. The van der Waals surface area contributed by atoms with Gasteiger partial charge in [-0.3, -0.25) is 0 Å². The highest BCUT2D eigenvalue weighted by Crippen LogP contribution is 2.52. The SMILES string of the molecule is CCCN1CCC2=CC(Nc3ccc(F)cc3)=C(C=N)CC2(C(C)c2ncccn2)C1. The fourth-order valence-corrected chi connectivity index (χ4v) is 4.98. The summed E-state index contributed by atoms with van der Waals surface area (Å²) in [5, 5.41) is 11.6. The molecule has 5 nitrogen and oxygen atoms in total. The number of nitrogens with one attached hydrogen (secondary N) is 2. The van der Waals surface area contributed by atoms with Gasteiger partial charge >= 0.3 is 0 Å². The van der Waals surface area contributed by atoms with Gasteiger partial charge in [0.1, 0.15) is 11.6 Å². The predicted molar refractivity (Wildman–Crippen MR) is 123 cm³/mol. The minimum atomic E-state index is -0.257. The maximum atomic E-state index is 13.3. The summed E-state index contributed by atoms with van der Waals surface area (Å²) in [4.78, 5) is 11.7. The van der Waals surface area contributed by atoms with Crippen LogP contribution in [-0.2, 0) is 0 Å². The Morgan fingerprint density at radius 2 is 2.00 bits per heavy atom. The Morgan fingerprint density at radius 1 is 1.26 bits per heavy atom. The minimum absolute atomic E-state index is 0.127. The summed E-state index contributed by atoms with van der Waals surface area (Å²) in [6, 6.07) is 8.21. The number of benzene rings is 1. The molecule has 1 aliphatic heterocycles. The van der Waals surface area contributed by atoms with Crippen LogP contribution >= 0.6 is 0 Å². The molecule has 31 heavy (non-hydrogen) atoms. The second-order valence-electron chi connectivity index (χ2n) is 8.57. The Balaban J connectivity index is 1.72. The highest BCUT2D eigenvalue weighted by Gasteiger charge is 2.47. The number of allylic oxidation sites excluding steroid dienone is 2. The first-order valence-electron chi connectivity index (χ1n) is 11.0. The smallest absolute Gasteiger partial charge is 0.131 e. The molecule has 1 fully saturated rings. The molecule has 2 aliphatic rings. The van der Waals surface area contributed by atoms with Gasteiger partial charge in [0, 0.05) is 54.4 Å². The number of likely N-dealkylation sites (tertiary alicyclic amines) is 1. The van der Waals surface area contributed by atoms with E-state index in [1.807, 2.05) is 18.5 Å². The molecule has 0 bridgehead atoms. The maximum Gasteiger partial charge on any atom is 0.131 e. The number of hydrogen-bond donors (Lipinski definition) is 2. The zero-order chi connectivity index (χ0) is 21.8. The number of halogens is 1. The minimum Gasteiger partial charge on any atom is -0.355 e. The topological polar surface area (TPSA) is 64.9 Å². The normalized spacial score (nSPS) is 22.5. The lowest BCUT2D eigenvalue weighted by Gasteiger charge is -2.50. The van der Waals surface area contributed by atoms with Crippen molar-refractivity contribution in [2.75, 3.05) is 25.0 Å². The number of aromatic nitrogens is 2. The van der Waals surface area contributed by atoms with E-state index in [2.05, 4.69) is 40.1 Å². The maximum absolute atomic E-state index is 13.3. The van der Waals surface area contributed by atoms with E-state index in [9.17, 15) is 4.39 Å². The van der Waals surface area contributed by atoms with Gasteiger partial charge in [-0.25, -0.2) is 14.4 Å². The molecule has 2 aromatic rings. The van der Waals surface area contributed by atoms with Crippen LogP contribution in [0.4, 0.5) is 10.1 Å². The van der Waals surface area contributed by atoms with Crippen LogP contribution in [0.25, 0.3) is 0 Å². The number of anilines is 1. The van der Waals surface area contributed by atoms with Gasteiger partial charge in [0.15, 0.2) is 0 Å². The van der Waals surface area contributed by atoms with E-state index >= 15 is 0 Å². The highest BCUT2D eigenvalue weighted by atomic mass is 19.1. The monoisotopic (exact) mass is 419 g/mol. The van der Waals surface area contributed by atoms with Crippen molar-refractivity contribution in [2.45, 2.75) is 39.0 Å². The Morgan fingerprint density at radius 3 is 2.68 bits per heavy atom. The van der Waals surface area contributed by atoms with Crippen molar-refractivity contribution in [3.63, 3.8) is 0 Å². The molecule has 2 atom stereocenters. The fraction of sp³-hybridized carbons (Fsp3) is 0.400. The van der Waals surface area contributed by atoms with Crippen molar-refractivity contribution in [2.24, 2.45) is 5.41 Å². The van der Waals surface area contributed by atoms with Gasteiger partial charge in [-0.2, -0.15) is 0 Å². The zero-order valence-corrected chi connectivity index (χ0v) is 18.2. The van der Waals surface area contributed by atoms with Crippen LogP contribution < -0.4 is 5.32 Å². The van der Waals surface area contributed by atoms with E-state index in [1.54, 1.807) is 12.1 Å². The third-order valence-electron chi connectivity index (χ3n) is 6.65. The van der Waals surface area contributed by atoms with Crippen LogP contribution in [0, 0.1) is 16.6 Å². The van der Waals surface area contributed by atoms with Crippen LogP contribution in [0.5, 0.6) is 0 Å². The molecular weight excluding hydrogens is 389 g/mol. The molecule has 2 heterocycles. The molecule has 0 saturated carbocycles. The molecule has 1 aliphatic carbocycles. The summed E-state index contributed by atoms with van der Waals surface area (Å²) in [5.41, 5.74) is 3.94. The van der Waals surface area contributed by atoms with Crippen molar-refractivity contribution >= 4 is 11.9 Å². The first kappa shape index (κ1) is 21.4. The van der Waals surface area contributed by atoms with Crippen molar-refractivity contribution in [3.8, 4) is 0 Å². The number of rotatable bonds is 7. The molecular formula is C25H30FN5. The van der Waals surface area contributed by atoms with E-state index in [0.29, 0.717) is 0 Å². The first-order valence-corrected chi connectivity index (χ1v) is 11.0. The van der Waals surface area contributed by atoms with Crippen molar-refractivity contribution in [1.82, 2.24) is 14.9 Å². The second-order valence-corrected chi connectivity index (χ2v) is 8.57. The molecule has 0 amide bonds. The summed E-state index contributed by atoms with van der Waals surface area (Å²) in [6.45, 7) is 7.48. The largest absolute Gasteiger partial charge is 0.355 e. The van der Waals surface area contributed by atoms with E-state index in [0.717, 1.165) is 61.7 Å². The van der Waals surface area contributed by atoms with E-state index in [4.69, 9.17) is 5.41 Å². The van der Waals surface area contributed by atoms with Gasteiger partial charge in [0.2, 0.25) is 0 Å². The zero-order valence-electron chi connectivity index (χ0n) is 18.2. The van der Waals surface area contributed by atoms with Crippen LogP contribution in [0.3, 0.4) is 0 Å². The van der Waals surface area contributed by atoms with Crippen molar-refractivity contribution < 1.29 is 4.39 Å². The standard InChI is InChI=1S/C25H30FN5/c1-3-12-31-13-9-20-14-23(30-22-7-5-21(26)6-8-22)19(16-27)15-25(20,17-31)18(2)24-28-10-4-11-29-24/h4-8,10-11,14,16,18,27,30H,3,9,12-13,15,17H2,1-2H3. The molecule has 1 aromatic carbocycles. The molecule has 2 N–H and O–H groups in total. The summed E-state index contributed by atoms with van der Waals surface area (Å²) in [6.07, 6.45) is 10.2. The molecule has 1 aromatic heterocycles. The molecule has 0 spiro atoms. The van der Waals surface area contributed by atoms with Gasteiger partial charge in [-0.1, -0.05) is 19.4 Å². The van der Waals surface area contributed by atoms with Crippen LogP contribution in [0.1, 0.15) is 44.9 Å². The lowest BCUT2D eigenvalue weighted by molar-refractivity contribution is 0.115. The molecule has 0 radical (unpaired) electrons. The van der Waals surface area contributed by atoms with Crippen LogP contribution in [0.2, 0.25) is 0 Å². The van der Waals surface area contributed by atoms with Crippen LogP contribution in [0.15, 0.2) is 65.6 Å². The molecule has 162 valence electrons. The van der Waals surface area contributed by atoms with Gasteiger partial charge in [-0.05, 0) is 67.8 Å². The second kappa shape index (κ2) is 9.10. The van der Waals surface area contributed by atoms with Gasteiger partial charge < -0.3 is 15.6 Å². The predicted octanol–water partition coefficient (Wildman–Crippen LogP) is 5.17. The lowest BCUT2D eigenvalue weighted by atomic mass is 9.61. The Labute approximate surface area is 183 Å². The number of fused-ring (bicyclic) bond motifs is 1. The Bertz CT molecular complexity index is 983. The summed E-state index contributed by atoms with van der Waals surface area (Å²) in [5.74, 6) is 0.723. The third-order valence-corrected chi connectivity index (χ3v) is 6.65. The number of nitrogens with zero attached hydrogens (tertiary/aromatic N) is 3. The number of piperidine rings is 1. The molecule has 4 rings (SSSR count). The summed E-state index contributed by atoms with van der Waals surface area (Å²) >= 11 is 0. The summed E-state index contributed by atoms with van der Waals surface area (Å²) < 4.78 is 13.3. The van der Waals surface area contributed by atoms with E-state index < -0.39 is 0 Å². The first-order chi connectivity index (χ1) is 15.1. The lowest BCUT2D eigenvalue weighted by Crippen LogP contribution is -2.49. The molecule has 6 heteroatoms. The molecule has 2 unspecified atom stereocenters. The van der Waals surface area contributed by atoms with Crippen LogP contribution in [-0.4, -0.2) is 40.7 Å². The Kier molecular flexibility index (Phi) is 6.28. The fourth-order valence-electron chi connectivity index (χ4n) is 4.98. The quantitative estimate of drug-likeness (QED) is 0.608. The number of hydrogen-bond acceptors (Lipinski definition) is 5. The van der Waals surface area contributed by atoms with Crippen molar-refractivity contribution in [1.29, 1.82) is 5.41 Å². The molecule has 1 saturated heterocycles.